The van der Waals surface area contributed by atoms with E-state index in [9.17, 15) is 4.79 Å². The minimum Gasteiger partial charge on any atom is -0.336 e. The predicted octanol–water partition coefficient (Wildman–Crippen LogP) is 3.03. The molecule has 0 bridgehead atoms. The number of nitrogens with one attached hydrogen (secondary N) is 1. The van der Waals surface area contributed by atoms with Crippen LogP contribution in [-0.2, 0) is 0 Å². The van der Waals surface area contributed by atoms with Gasteiger partial charge in [0.15, 0.2) is 0 Å². The summed E-state index contributed by atoms with van der Waals surface area (Å²) in [4.78, 5) is 12.0. The highest BCUT2D eigenvalue weighted by molar-refractivity contribution is 6.39. The summed E-state index contributed by atoms with van der Waals surface area (Å²) in [5.41, 5.74) is 0.233. The number of nitrogens with zero attached hydrogens (tertiary/aromatic N) is 1. The van der Waals surface area contributed by atoms with Gasteiger partial charge in [0, 0.05) is 0 Å². The summed E-state index contributed by atoms with van der Waals surface area (Å²) in [7, 11) is 0. The Morgan fingerprint density at radius 3 is 2.47 bits per heavy atom. The molecule has 1 aliphatic rings. The third kappa shape index (κ3) is 2.71. The van der Waals surface area contributed by atoms with Crippen LogP contribution in [0.25, 0.3) is 0 Å². The number of carbonyl (C=O) groups excluding carboxylic acids is 1. The monoisotopic (exact) mass is 268 g/mol. The van der Waals surface area contributed by atoms with Gasteiger partial charge in [0.2, 0.25) is 0 Å². The predicted molar refractivity (Wildman–Crippen MR) is 66.1 cm³/mol. The number of nitriles is 1. The van der Waals surface area contributed by atoms with Gasteiger partial charge in [-0.2, -0.15) is 5.26 Å². The lowest BCUT2D eigenvalue weighted by molar-refractivity contribution is 0.0942. The van der Waals surface area contributed by atoms with Crippen LogP contribution in [0.4, 0.5) is 0 Å². The molecule has 1 fully saturated rings. The molecule has 17 heavy (non-hydrogen) atoms. The van der Waals surface area contributed by atoms with Crippen LogP contribution in [0.5, 0.6) is 0 Å². The standard InChI is InChI=1S/C12H10Cl2N2O/c13-8-2-1-3-9(14)11(8)12(17)16-10(6-15)7-4-5-7/h1-3,7,10H,4-5H2,(H,16,17). The van der Waals surface area contributed by atoms with Crippen LogP contribution in [0.1, 0.15) is 23.2 Å². The zero-order valence-electron chi connectivity index (χ0n) is 8.91. The second kappa shape index (κ2) is 4.95. The van der Waals surface area contributed by atoms with E-state index in [1.165, 1.54) is 0 Å². The Kier molecular flexibility index (Phi) is 3.56. The van der Waals surface area contributed by atoms with Crippen LogP contribution in [-0.4, -0.2) is 11.9 Å². The average Bonchev–Trinajstić information content (AvgIpc) is 3.09. The minimum absolute atomic E-state index is 0.233. The summed E-state index contributed by atoms with van der Waals surface area (Å²) in [6, 6.07) is 6.50. The average molecular weight is 269 g/mol. The first-order chi connectivity index (χ1) is 8.13. The topological polar surface area (TPSA) is 52.9 Å². The first-order valence-electron chi connectivity index (χ1n) is 5.28. The summed E-state index contributed by atoms with van der Waals surface area (Å²) in [5, 5.41) is 12.2. The molecule has 0 spiro atoms. The van der Waals surface area contributed by atoms with E-state index >= 15 is 0 Å². The maximum absolute atomic E-state index is 12.0. The van der Waals surface area contributed by atoms with Crippen LogP contribution >= 0.6 is 23.2 Å². The lowest BCUT2D eigenvalue weighted by Gasteiger charge is -2.12. The van der Waals surface area contributed by atoms with Crippen molar-refractivity contribution in [1.82, 2.24) is 5.32 Å². The number of halogens is 2. The maximum Gasteiger partial charge on any atom is 0.255 e. The molecule has 1 N–H and O–H groups in total. The Hall–Kier alpha value is -1.24. The molecule has 3 nitrogen and oxygen atoms in total. The van der Waals surface area contributed by atoms with Crippen molar-refractivity contribution < 1.29 is 4.79 Å². The van der Waals surface area contributed by atoms with Crippen molar-refractivity contribution in [3.05, 3.63) is 33.8 Å². The molecule has 0 heterocycles. The molecule has 0 radical (unpaired) electrons. The summed E-state index contributed by atoms with van der Waals surface area (Å²) in [6.07, 6.45) is 1.96. The van der Waals surface area contributed by atoms with E-state index in [0.29, 0.717) is 10.0 Å². The molecule has 2 rings (SSSR count). The van der Waals surface area contributed by atoms with Crippen molar-refractivity contribution in [3.63, 3.8) is 0 Å². The molecule has 1 unspecified atom stereocenters. The summed E-state index contributed by atoms with van der Waals surface area (Å²) >= 11 is 11.8. The lowest BCUT2D eigenvalue weighted by Crippen LogP contribution is -2.35. The second-order valence-electron chi connectivity index (χ2n) is 4.01. The van der Waals surface area contributed by atoms with Crippen molar-refractivity contribution >= 4 is 29.1 Å². The Labute approximate surface area is 109 Å². The number of hydrogen-bond donors (Lipinski definition) is 1. The molecular formula is C12H10Cl2N2O. The first-order valence-corrected chi connectivity index (χ1v) is 6.03. The Morgan fingerprint density at radius 1 is 1.41 bits per heavy atom. The van der Waals surface area contributed by atoms with Crippen molar-refractivity contribution in [2.75, 3.05) is 0 Å². The second-order valence-corrected chi connectivity index (χ2v) is 4.83. The number of hydrogen-bond acceptors (Lipinski definition) is 2. The largest absolute Gasteiger partial charge is 0.336 e. The molecule has 0 saturated heterocycles. The van der Waals surface area contributed by atoms with Gasteiger partial charge < -0.3 is 5.32 Å². The smallest absolute Gasteiger partial charge is 0.255 e. The van der Waals surface area contributed by atoms with Crippen LogP contribution in [0.3, 0.4) is 0 Å². The molecule has 0 aliphatic heterocycles. The van der Waals surface area contributed by atoms with E-state index in [0.717, 1.165) is 12.8 Å². The van der Waals surface area contributed by atoms with E-state index in [-0.39, 0.29) is 17.4 Å². The molecular weight excluding hydrogens is 259 g/mol. The van der Waals surface area contributed by atoms with Crippen LogP contribution in [0, 0.1) is 17.2 Å². The number of benzene rings is 1. The van der Waals surface area contributed by atoms with Crippen molar-refractivity contribution in [2.45, 2.75) is 18.9 Å². The molecule has 0 aromatic heterocycles. The fraction of sp³-hybridized carbons (Fsp3) is 0.333. The zero-order valence-corrected chi connectivity index (χ0v) is 10.4. The Bertz CT molecular complexity index is 472. The highest BCUT2D eigenvalue weighted by Crippen LogP contribution is 2.33. The van der Waals surface area contributed by atoms with Gasteiger partial charge in [0.25, 0.3) is 5.91 Å². The van der Waals surface area contributed by atoms with Crippen molar-refractivity contribution in [1.29, 1.82) is 5.26 Å². The highest BCUT2D eigenvalue weighted by atomic mass is 35.5. The zero-order chi connectivity index (χ0) is 12.4. The van der Waals surface area contributed by atoms with E-state index < -0.39 is 6.04 Å². The van der Waals surface area contributed by atoms with Gasteiger partial charge in [-0.1, -0.05) is 29.3 Å². The third-order valence-electron chi connectivity index (χ3n) is 2.71. The minimum atomic E-state index is -0.449. The summed E-state index contributed by atoms with van der Waals surface area (Å²) in [6.45, 7) is 0. The van der Waals surface area contributed by atoms with Gasteiger partial charge >= 0.3 is 0 Å². The highest BCUT2D eigenvalue weighted by Gasteiger charge is 2.33. The lowest BCUT2D eigenvalue weighted by atomic mass is 10.1. The van der Waals surface area contributed by atoms with E-state index in [1.54, 1.807) is 18.2 Å². The molecule has 1 aromatic rings. The van der Waals surface area contributed by atoms with Gasteiger partial charge in [-0.25, -0.2) is 0 Å². The number of carbonyl (C=O) groups is 1. The van der Waals surface area contributed by atoms with Gasteiger partial charge in [-0.05, 0) is 30.9 Å². The molecule has 5 heteroatoms. The van der Waals surface area contributed by atoms with Gasteiger partial charge in [-0.3, -0.25) is 4.79 Å². The Morgan fingerprint density at radius 2 is 2.00 bits per heavy atom. The van der Waals surface area contributed by atoms with Gasteiger partial charge in [-0.15, -0.1) is 0 Å². The van der Waals surface area contributed by atoms with Crippen molar-refractivity contribution in [3.8, 4) is 6.07 Å². The number of rotatable bonds is 3. The maximum atomic E-state index is 12.0. The molecule has 1 aliphatic carbocycles. The van der Waals surface area contributed by atoms with Crippen molar-refractivity contribution in [2.24, 2.45) is 5.92 Å². The van der Waals surface area contributed by atoms with Gasteiger partial charge in [0.05, 0.1) is 21.7 Å². The summed E-state index contributed by atoms with van der Waals surface area (Å²) in [5.74, 6) is -0.121. The van der Waals surface area contributed by atoms with Crippen LogP contribution in [0.15, 0.2) is 18.2 Å². The first kappa shape index (κ1) is 12.2. The van der Waals surface area contributed by atoms with Gasteiger partial charge in [0.1, 0.15) is 6.04 Å². The fourth-order valence-corrected chi connectivity index (χ4v) is 2.18. The SMILES string of the molecule is N#CC(NC(=O)c1c(Cl)cccc1Cl)C1CC1. The Balaban J connectivity index is 2.17. The third-order valence-corrected chi connectivity index (χ3v) is 3.34. The molecule has 1 saturated carbocycles. The number of amides is 1. The fourth-order valence-electron chi connectivity index (χ4n) is 1.61. The van der Waals surface area contributed by atoms with Crippen LogP contribution < -0.4 is 5.32 Å². The summed E-state index contributed by atoms with van der Waals surface area (Å²) < 4.78 is 0. The van der Waals surface area contributed by atoms with E-state index in [1.807, 2.05) is 0 Å². The molecule has 1 amide bonds. The van der Waals surface area contributed by atoms with E-state index in [4.69, 9.17) is 28.5 Å². The molecule has 1 aromatic carbocycles. The quantitative estimate of drug-likeness (QED) is 0.916. The molecule has 88 valence electrons. The van der Waals surface area contributed by atoms with E-state index in [2.05, 4.69) is 11.4 Å². The normalized spacial score (nSPS) is 16.1. The van der Waals surface area contributed by atoms with Crippen LogP contribution in [0.2, 0.25) is 10.0 Å². The molecule has 1 atom stereocenters.